The zero-order valence-electron chi connectivity index (χ0n) is 6.74. The van der Waals surface area contributed by atoms with Crippen molar-refractivity contribution in [2.75, 3.05) is 12.5 Å². The van der Waals surface area contributed by atoms with Crippen LogP contribution in [0.5, 0.6) is 0 Å². The number of hydrogen-bond acceptors (Lipinski definition) is 6. The highest BCUT2D eigenvalue weighted by atomic mass is 35.5. The van der Waals surface area contributed by atoms with Crippen LogP contribution < -0.4 is 11.3 Å². The second-order valence-corrected chi connectivity index (χ2v) is 2.38. The van der Waals surface area contributed by atoms with Crippen LogP contribution >= 0.6 is 11.6 Å². The van der Waals surface area contributed by atoms with Gasteiger partial charge in [-0.3, -0.25) is 0 Å². The van der Waals surface area contributed by atoms with Crippen molar-refractivity contribution >= 4 is 23.4 Å². The number of hydrogen-bond donors (Lipinski definition) is 2. The number of nitrogens with two attached hydrogens (primary N) is 1. The maximum Gasteiger partial charge on any atom is 0.356 e. The van der Waals surface area contributed by atoms with Crippen LogP contribution in [0.1, 0.15) is 10.5 Å². The number of rotatable bonds is 2. The van der Waals surface area contributed by atoms with Gasteiger partial charge in [-0.1, -0.05) is 0 Å². The van der Waals surface area contributed by atoms with Gasteiger partial charge in [-0.2, -0.15) is 4.98 Å². The van der Waals surface area contributed by atoms with Crippen molar-refractivity contribution in [3.05, 3.63) is 17.0 Å². The highest BCUT2D eigenvalue weighted by Crippen LogP contribution is 2.09. The molecule has 7 heteroatoms. The Bertz CT molecular complexity index is 330. The summed E-state index contributed by atoms with van der Waals surface area (Å²) in [5.41, 5.74) is 2.30. The van der Waals surface area contributed by atoms with Crippen molar-refractivity contribution in [2.24, 2.45) is 5.84 Å². The summed E-state index contributed by atoms with van der Waals surface area (Å²) in [7, 11) is 1.24. The monoisotopic (exact) mass is 202 g/mol. The Labute approximate surface area is 79.0 Å². The number of carbonyl (C=O) groups excluding carboxylic acids is 1. The van der Waals surface area contributed by atoms with E-state index in [9.17, 15) is 4.79 Å². The molecule has 0 aliphatic carbocycles. The Kier molecular flexibility index (Phi) is 2.99. The average Bonchev–Trinajstić information content (AvgIpc) is 2.15. The zero-order chi connectivity index (χ0) is 9.84. The van der Waals surface area contributed by atoms with E-state index in [1.807, 2.05) is 0 Å². The molecule has 1 heterocycles. The zero-order valence-corrected chi connectivity index (χ0v) is 7.50. The SMILES string of the molecule is COC(=O)c1cc(NN)nc(Cl)n1. The fraction of sp³-hybridized carbons (Fsp3) is 0.167. The summed E-state index contributed by atoms with van der Waals surface area (Å²) in [6.07, 6.45) is 0. The first-order chi connectivity index (χ1) is 6.17. The van der Waals surface area contributed by atoms with Crippen LogP contribution in [0, 0.1) is 0 Å². The van der Waals surface area contributed by atoms with E-state index < -0.39 is 5.97 Å². The van der Waals surface area contributed by atoms with Crippen molar-refractivity contribution in [1.29, 1.82) is 0 Å². The van der Waals surface area contributed by atoms with Crippen molar-refractivity contribution in [2.45, 2.75) is 0 Å². The second-order valence-electron chi connectivity index (χ2n) is 2.04. The summed E-state index contributed by atoms with van der Waals surface area (Å²) in [6, 6.07) is 1.33. The predicted molar refractivity (Wildman–Crippen MR) is 46.2 cm³/mol. The maximum absolute atomic E-state index is 11.0. The molecular weight excluding hydrogens is 196 g/mol. The van der Waals surface area contributed by atoms with Gasteiger partial charge < -0.3 is 10.2 Å². The van der Waals surface area contributed by atoms with Crippen LogP contribution in [0.3, 0.4) is 0 Å². The molecule has 1 aromatic heterocycles. The third kappa shape index (κ3) is 2.27. The molecule has 0 unspecified atom stereocenters. The number of aromatic nitrogens is 2. The third-order valence-electron chi connectivity index (χ3n) is 1.24. The summed E-state index contributed by atoms with van der Waals surface area (Å²) in [4.78, 5) is 18.3. The first-order valence-electron chi connectivity index (χ1n) is 3.27. The molecule has 13 heavy (non-hydrogen) atoms. The molecule has 0 bridgehead atoms. The van der Waals surface area contributed by atoms with Gasteiger partial charge in [0.25, 0.3) is 0 Å². The minimum absolute atomic E-state index is 0.0513. The summed E-state index contributed by atoms with van der Waals surface area (Å²) in [6.45, 7) is 0. The summed E-state index contributed by atoms with van der Waals surface area (Å²) >= 11 is 5.50. The molecule has 0 radical (unpaired) electrons. The lowest BCUT2D eigenvalue weighted by atomic mass is 10.4. The molecule has 0 fully saturated rings. The van der Waals surface area contributed by atoms with Crippen molar-refractivity contribution in [1.82, 2.24) is 9.97 Å². The minimum Gasteiger partial charge on any atom is -0.464 e. The summed E-state index contributed by atoms with van der Waals surface area (Å²) < 4.78 is 4.43. The van der Waals surface area contributed by atoms with E-state index in [0.717, 1.165) is 0 Å². The van der Waals surface area contributed by atoms with Gasteiger partial charge in [-0.05, 0) is 11.6 Å². The fourth-order valence-corrected chi connectivity index (χ4v) is 0.883. The summed E-state index contributed by atoms with van der Waals surface area (Å²) in [5.74, 6) is 4.73. The second kappa shape index (κ2) is 4.01. The Morgan fingerprint density at radius 3 is 2.92 bits per heavy atom. The van der Waals surface area contributed by atoms with Crippen LogP contribution in [0.4, 0.5) is 5.82 Å². The number of ether oxygens (including phenoxy) is 1. The number of nitrogen functional groups attached to an aromatic ring is 1. The first kappa shape index (κ1) is 9.69. The van der Waals surface area contributed by atoms with E-state index in [1.165, 1.54) is 13.2 Å². The van der Waals surface area contributed by atoms with Gasteiger partial charge in [0.2, 0.25) is 5.28 Å². The van der Waals surface area contributed by atoms with Gasteiger partial charge in [0, 0.05) is 6.07 Å². The largest absolute Gasteiger partial charge is 0.464 e. The molecule has 1 rings (SSSR count). The molecular formula is C6H7ClN4O2. The smallest absolute Gasteiger partial charge is 0.356 e. The van der Waals surface area contributed by atoms with Crippen LogP contribution in [0.15, 0.2) is 6.07 Å². The highest BCUT2D eigenvalue weighted by Gasteiger charge is 2.10. The van der Waals surface area contributed by atoms with Crippen LogP contribution in [-0.4, -0.2) is 23.0 Å². The molecule has 0 aliphatic rings. The Balaban J connectivity index is 3.08. The van der Waals surface area contributed by atoms with Crippen LogP contribution in [0.2, 0.25) is 5.28 Å². The predicted octanol–water partition coefficient (Wildman–Crippen LogP) is 0.202. The van der Waals surface area contributed by atoms with Gasteiger partial charge in [-0.25, -0.2) is 15.6 Å². The van der Waals surface area contributed by atoms with Gasteiger partial charge in [0.05, 0.1) is 7.11 Å². The quantitative estimate of drug-likeness (QED) is 0.308. The maximum atomic E-state index is 11.0. The highest BCUT2D eigenvalue weighted by molar-refractivity contribution is 6.28. The number of nitrogens with zero attached hydrogens (tertiary/aromatic N) is 2. The first-order valence-corrected chi connectivity index (χ1v) is 3.64. The molecule has 6 nitrogen and oxygen atoms in total. The Morgan fingerprint density at radius 2 is 2.38 bits per heavy atom. The average molecular weight is 203 g/mol. The van der Waals surface area contributed by atoms with Gasteiger partial charge in [0.15, 0.2) is 5.69 Å². The topological polar surface area (TPSA) is 90.1 Å². The number of hydrazine groups is 1. The Hall–Kier alpha value is -1.40. The van der Waals surface area contributed by atoms with E-state index in [1.54, 1.807) is 0 Å². The molecule has 3 N–H and O–H groups in total. The van der Waals surface area contributed by atoms with E-state index in [0.29, 0.717) is 0 Å². The molecule has 0 saturated heterocycles. The van der Waals surface area contributed by atoms with Gasteiger partial charge in [0.1, 0.15) is 5.82 Å². The van der Waals surface area contributed by atoms with E-state index in [2.05, 4.69) is 20.1 Å². The van der Waals surface area contributed by atoms with Crippen molar-refractivity contribution in [3.8, 4) is 0 Å². The standard InChI is InChI=1S/C6H7ClN4O2/c1-13-5(12)3-2-4(11-8)10-6(7)9-3/h2H,8H2,1H3,(H,9,10,11). The molecule has 0 spiro atoms. The van der Waals surface area contributed by atoms with Crippen LogP contribution in [0.25, 0.3) is 0 Å². The molecule has 70 valence electrons. The number of carbonyl (C=O) groups is 1. The molecule has 0 amide bonds. The van der Waals surface area contributed by atoms with Gasteiger partial charge >= 0.3 is 5.97 Å². The van der Waals surface area contributed by atoms with Gasteiger partial charge in [-0.15, -0.1) is 0 Å². The molecule has 0 saturated carbocycles. The minimum atomic E-state index is -0.596. The third-order valence-corrected chi connectivity index (χ3v) is 1.41. The van der Waals surface area contributed by atoms with E-state index in [-0.39, 0.29) is 16.8 Å². The number of methoxy groups -OCH3 is 1. The van der Waals surface area contributed by atoms with E-state index >= 15 is 0 Å². The normalized spacial score (nSPS) is 9.46. The van der Waals surface area contributed by atoms with Crippen LogP contribution in [-0.2, 0) is 4.74 Å². The molecule has 1 aromatic rings. The lowest BCUT2D eigenvalue weighted by Gasteiger charge is -2.01. The molecule has 0 aromatic carbocycles. The molecule has 0 atom stereocenters. The summed E-state index contributed by atoms with van der Waals surface area (Å²) in [5, 5.41) is -0.0733. The number of anilines is 1. The fourth-order valence-electron chi connectivity index (χ4n) is 0.701. The van der Waals surface area contributed by atoms with Crippen molar-refractivity contribution in [3.63, 3.8) is 0 Å². The lowest BCUT2D eigenvalue weighted by molar-refractivity contribution is 0.0594. The molecule has 0 aliphatic heterocycles. The van der Waals surface area contributed by atoms with Crippen molar-refractivity contribution < 1.29 is 9.53 Å². The number of esters is 1. The lowest BCUT2D eigenvalue weighted by Crippen LogP contribution is -2.12. The van der Waals surface area contributed by atoms with E-state index in [4.69, 9.17) is 17.4 Å². The number of nitrogens with one attached hydrogen (secondary N) is 1. The number of halogens is 1. The Morgan fingerprint density at radius 1 is 1.69 bits per heavy atom.